The summed E-state index contributed by atoms with van der Waals surface area (Å²) >= 11 is 0. The molecule has 0 radical (unpaired) electrons. The number of aryl methyl sites for hydroxylation is 1. The highest BCUT2D eigenvalue weighted by Crippen LogP contribution is 2.24. The minimum Gasteiger partial charge on any atom is -0.508 e. The molecule has 1 aliphatic carbocycles. The highest BCUT2D eigenvalue weighted by Gasteiger charge is 2.25. The van der Waals surface area contributed by atoms with E-state index in [-0.39, 0.29) is 17.6 Å². The molecular formula is C11H13NO2. The molecule has 3 heteroatoms. The Labute approximate surface area is 82.8 Å². The van der Waals surface area contributed by atoms with E-state index in [1.165, 1.54) is 0 Å². The Kier molecular flexibility index (Phi) is 2.25. The number of hydrogen-bond donors (Lipinski definition) is 2. The van der Waals surface area contributed by atoms with Crippen LogP contribution >= 0.6 is 0 Å². The van der Waals surface area contributed by atoms with Crippen LogP contribution in [0.4, 0.5) is 0 Å². The lowest BCUT2D eigenvalue weighted by atomic mass is 9.87. The third-order valence-corrected chi connectivity index (χ3v) is 2.72. The third-order valence-electron chi connectivity index (χ3n) is 2.72. The summed E-state index contributed by atoms with van der Waals surface area (Å²) in [7, 11) is 1.80. The monoisotopic (exact) mass is 191 g/mol. The van der Waals surface area contributed by atoms with E-state index in [0.29, 0.717) is 0 Å². The molecule has 0 heterocycles. The van der Waals surface area contributed by atoms with Gasteiger partial charge in [0.2, 0.25) is 0 Å². The van der Waals surface area contributed by atoms with Crippen LogP contribution in [0.25, 0.3) is 0 Å². The second-order valence-corrected chi connectivity index (χ2v) is 3.59. The summed E-state index contributed by atoms with van der Waals surface area (Å²) in [6.45, 7) is 0. The van der Waals surface area contributed by atoms with Gasteiger partial charge >= 0.3 is 0 Å². The molecule has 2 N–H and O–H groups in total. The minimum absolute atomic E-state index is 0.0629. The van der Waals surface area contributed by atoms with Gasteiger partial charge in [-0.25, -0.2) is 0 Å². The van der Waals surface area contributed by atoms with Crippen LogP contribution in [-0.2, 0) is 6.42 Å². The molecule has 1 unspecified atom stereocenters. The first kappa shape index (κ1) is 9.21. The normalized spacial score (nSPS) is 20.6. The molecular weight excluding hydrogens is 178 g/mol. The summed E-state index contributed by atoms with van der Waals surface area (Å²) < 4.78 is 0. The third kappa shape index (κ3) is 1.40. The fourth-order valence-corrected chi connectivity index (χ4v) is 1.92. The number of phenolic OH excluding ortho intramolecular Hbond substituents is 1. The molecule has 0 saturated heterocycles. The van der Waals surface area contributed by atoms with Gasteiger partial charge in [0.1, 0.15) is 5.75 Å². The first-order chi connectivity index (χ1) is 6.72. The van der Waals surface area contributed by atoms with E-state index < -0.39 is 0 Å². The molecule has 1 aromatic rings. The average Bonchev–Trinajstić information content (AvgIpc) is 2.18. The van der Waals surface area contributed by atoms with Gasteiger partial charge in [0.05, 0.1) is 6.04 Å². The molecule has 0 amide bonds. The van der Waals surface area contributed by atoms with Crippen LogP contribution in [0.3, 0.4) is 0 Å². The summed E-state index contributed by atoms with van der Waals surface area (Å²) in [5.41, 5.74) is 1.70. The van der Waals surface area contributed by atoms with Gasteiger partial charge in [-0.15, -0.1) is 0 Å². The number of aromatic hydroxyl groups is 1. The fourth-order valence-electron chi connectivity index (χ4n) is 1.92. The summed E-state index contributed by atoms with van der Waals surface area (Å²) in [6.07, 6.45) is 1.66. The standard InChI is InChI=1S/C11H13NO2/c1-12-10-5-2-7-6-8(13)3-4-9(7)11(10)14/h3-4,6,10,12-13H,2,5H2,1H3. The van der Waals surface area contributed by atoms with E-state index in [2.05, 4.69) is 5.32 Å². The van der Waals surface area contributed by atoms with Gasteiger partial charge in [-0.3, -0.25) is 4.79 Å². The maximum Gasteiger partial charge on any atom is 0.180 e. The van der Waals surface area contributed by atoms with Crippen molar-refractivity contribution in [1.29, 1.82) is 0 Å². The average molecular weight is 191 g/mol. The van der Waals surface area contributed by atoms with Crippen LogP contribution < -0.4 is 5.32 Å². The summed E-state index contributed by atoms with van der Waals surface area (Å²) in [6, 6.07) is 4.89. The highest BCUT2D eigenvalue weighted by atomic mass is 16.3. The van der Waals surface area contributed by atoms with Gasteiger partial charge in [-0.1, -0.05) is 0 Å². The predicted molar refractivity (Wildman–Crippen MR) is 53.6 cm³/mol. The minimum atomic E-state index is -0.0629. The fraction of sp³-hybridized carbons (Fsp3) is 0.364. The molecule has 0 fully saturated rings. The topological polar surface area (TPSA) is 49.3 Å². The van der Waals surface area contributed by atoms with Crippen molar-refractivity contribution in [2.24, 2.45) is 0 Å². The van der Waals surface area contributed by atoms with Crippen LogP contribution in [0.1, 0.15) is 22.3 Å². The Balaban J connectivity index is 2.41. The summed E-state index contributed by atoms with van der Waals surface area (Å²) in [5, 5.41) is 12.3. The number of carbonyl (C=O) groups is 1. The Morgan fingerprint density at radius 2 is 2.29 bits per heavy atom. The number of hydrogen-bond acceptors (Lipinski definition) is 3. The van der Waals surface area contributed by atoms with E-state index in [9.17, 15) is 9.90 Å². The second-order valence-electron chi connectivity index (χ2n) is 3.59. The van der Waals surface area contributed by atoms with Crippen LogP contribution in [-0.4, -0.2) is 24.0 Å². The van der Waals surface area contributed by atoms with Crippen molar-refractivity contribution in [2.45, 2.75) is 18.9 Å². The molecule has 74 valence electrons. The van der Waals surface area contributed by atoms with E-state index >= 15 is 0 Å². The largest absolute Gasteiger partial charge is 0.508 e. The Morgan fingerprint density at radius 1 is 1.50 bits per heavy atom. The lowest BCUT2D eigenvalue weighted by Gasteiger charge is -2.22. The second kappa shape index (κ2) is 3.42. The van der Waals surface area contributed by atoms with Crippen molar-refractivity contribution in [2.75, 3.05) is 7.05 Å². The van der Waals surface area contributed by atoms with Crippen LogP contribution in [0, 0.1) is 0 Å². The molecule has 0 bridgehead atoms. The first-order valence-corrected chi connectivity index (χ1v) is 4.75. The van der Waals surface area contributed by atoms with Gasteiger partial charge in [-0.05, 0) is 43.7 Å². The number of rotatable bonds is 1. The maximum atomic E-state index is 11.8. The zero-order valence-corrected chi connectivity index (χ0v) is 8.08. The lowest BCUT2D eigenvalue weighted by Crippen LogP contribution is -2.37. The highest BCUT2D eigenvalue weighted by molar-refractivity contribution is 6.02. The number of phenols is 1. The van der Waals surface area contributed by atoms with Gasteiger partial charge in [0, 0.05) is 5.56 Å². The van der Waals surface area contributed by atoms with Crippen molar-refractivity contribution in [3.63, 3.8) is 0 Å². The molecule has 2 rings (SSSR count). The van der Waals surface area contributed by atoms with Gasteiger partial charge in [0.15, 0.2) is 5.78 Å². The number of Topliss-reactive ketones (excluding diaryl/α,β-unsaturated/α-hetero) is 1. The lowest BCUT2D eigenvalue weighted by molar-refractivity contribution is 0.0933. The molecule has 1 atom stereocenters. The van der Waals surface area contributed by atoms with Crippen LogP contribution in [0.15, 0.2) is 18.2 Å². The number of benzene rings is 1. The zero-order chi connectivity index (χ0) is 10.1. The Morgan fingerprint density at radius 3 is 3.00 bits per heavy atom. The predicted octanol–water partition coefficient (Wildman–Crippen LogP) is 1.11. The van der Waals surface area contributed by atoms with Crippen molar-refractivity contribution >= 4 is 5.78 Å². The van der Waals surface area contributed by atoms with E-state index in [1.807, 2.05) is 0 Å². The molecule has 0 saturated carbocycles. The van der Waals surface area contributed by atoms with Gasteiger partial charge < -0.3 is 10.4 Å². The Bertz CT molecular complexity index is 374. The van der Waals surface area contributed by atoms with Crippen LogP contribution in [0.5, 0.6) is 5.75 Å². The van der Waals surface area contributed by atoms with Crippen molar-refractivity contribution in [3.05, 3.63) is 29.3 Å². The number of carbonyl (C=O) groups excluding carboxylic acids is 1. The van der Waals surface area contributed by atoms with Crippen molar-refractivity contribution in [3.8, 4) is 5.75 Å². The Hall–Kier alpha value is -1.35. The zero-order valence-electron chi connectivity index (χ0n) is 8.08. The number of likely N-dealkylation sites (N-methyl/N-ethyl adjacent to an activating group) is 1. The number of fused-ring (bicyclic) bond motifs is 1. The SMILES string of the molecule is CNC1CCc2cc(O)ccc2C1=O. The molecule has 0 aliphatic heterocycles. The first-order valence-electron chi connectivity index (χ1n) is 4.75. The molecule has 0 spiro atoms. The number of ketones is 1. The van der Waals surface area contributed by atoms with Gasteiger partial charge in [-0.2, -0.15) is 0 Å². The van der Waals surface area contributed by atoms with E-state index in [0.717, 1.165) is 24.0 Å². The summed E-state index contributed by atoms with van der Waals surface area (Å²) in [5.74, 6) is 0.369. The maximum absolute atomic E-state index is 11.8. The molecule has 3 nitrogen and oxygen atoms in total. The summed E-state index contributed by atoms with van der Waals surface area (Å²) in [4.78, 5) is 11.8. The smallest absolute Gasteiger partial charge is 0.180 e. The van der Waals surface area contributed by atoms with E-state index in [1.54, 1.807) is 25.2 Å². The molecule has 1 aromatic carbocycles. The molecule has 0 aromatic heterocycles. The van der Waals surface area contributed by atoms with Crippen molar-refractivity contribution in [1.82, 2.24) is 5.32 Å². The van der Waals surface area contributed by atoms with Crippen LogP contribution in [0.2, 0.25) is 0 Å². The quantitative estimate of drug-likeness (QED) is 0.699. The van der Waals surface area contributed by atoms with Gasteiger partial charge in [0.25, 0.3) is 0 Å². The number of nitrogens with one attached hydrogen (secondary N) is 1. The van der Waals surface area contributed by atoms with E-state index in [4.69, 9.17) is 0 Å². The molecule has 14 heavy (non-hydrogen) atoms. The molecule has 1 aliphatic rings. The van der Waals surface area contributed by atoms with Crippen molar-refractivity contribution < 1.29 is 9.90 Å².